The monoisotopic (exact) mass is 277 g/mol. The maximum Gasteiger partial charge on any atom is 0.339 e. The summed E-state index contributed by atoms with van der Waals surface area (Å²) in [5.74, 6) is -0.540. The van der Waals surface area contributed by atoms with Crippen LogP contribution in [-0.2, 0) is 6.42 Å². The first kappa shape index (κ1) is 13.5. The number of carbonyl (C=O) groups is 1. The van der Waals surface area contributed by atoms with E-state index < -0.39 is 5.97 Å². The fourth-order valence-electron chi connectivity index (χ4n) is 1.75. The van der Waals surface area contributed by atoms with Crippen LogP contribution in [0.3, 0.4) is 0 Å². The number of thiophene rings is 1. The number of aromatic nitrogens is 2. The molecule has 2 heterocycles. The SMILES string of the molecule is Cc1nc(NC(C)Cc2cccs2)ncc1C(=O)O. The van der Waals surface area contributed by atoms with E-state index in [4.69, 9.17) is 5.11 Å². The van der Waals surface area contributed by atoms with Gasteiger partial charge >= 0.3 is 5.97 Å². The molecular weight excluding hydrogens is 262 g/mol. The van der Waals surface area contributed by atoms with Crippen LogP contribution >= 0.6 is 11.3 Å². The highest BCUT2D eigenvalue weighted by Crippen LogP contribution is 2.13. The molecule has 0 aliphatic carbocycles. The van der Waals surface area contributed by atoms with Gasteiger partial charge in [0.2, 0.25) is 5.95 Å². The largest absolute Gasteiger partial charge is 0.478 e. The van der Waals surface area contributed by atoms with Gasteiger partial charge in [-0.05, 0) is 25.3 Å². The predicted molar refractivity (Wildman–Crippen MR) is 74.8 cm³/mol. The number of hydrogen-bond acceptors (Lipinski definition) is 5. The van der Waals surface area contributed by atoms with E-state index in [0.29, 0.717) is 11.6 Å². The molecule has 0 radical (unpaired) electrons. The summed E-state index contributed by atoms with van der Waals surface area (Å²) >= 11 is 1.71. The van der Waals surface area contributed by atoms with Gasteiger partial charge in [-0.15, -0.1) is 11.3 Å². The highest BCUT2D eigenvalue weighted by molar-refractivity contribution is 7.09. The quantitative estimate of drug-likeness (QED) is 0.878. The van der Waals surface area contributed by atoms with Crippen molar-refractivity contribution in [1.29, 1.82) is 0 Å². The Morgan fingerprint density at radius 1 is 1.58 bits per heavy atom. The molecule has 2 aromatic heterocycles. The Hall–Kier alpha value is -1.95. The van der Waals surface area contributed by atoms with E-state index in [2.05, 4.69) is 21.4 Å². The van der Waals surface area contributed by atoms with Crippen molar-refractivity contribution >= 4 is 23.3 Å². The van der Waals surface area contributed by atoms with Crippen LogP contribution in [0.15, 0.2) is 23.7 Å². The fourth-order valence-corrected chi connectivity index (χ4v) is 2.58. The first-order valence-electron chi connectivity index (χ1n) is 5.92. The summed E-state index contributed by atoms with van der Waals surface area (Å²) in [6, 6.07) is 4.30. The van der Waals surface area contributed by atoms with Crippen molar-refractivity contribution in [3.05, 3.63) is 39.8 Å². The highest BCUT2D eigenvalue weighted by Gasteiger charge is 2.11. The molecule has 1 unspecified atom stereocenters. The van der Waals surface area contributed by atoms with Crippen molar-refractivity contribution in [1.82, 2.24) is 9.97 Å². The third-order valence-corrected chi connectivity index (χ3v) is 3.57. The molecule has 5 nitrogen and oxygen atoms in total. The second kappa shape index (κ2) is 5.79. The number of aryl methyl sites for hydroxylation is 1. The number of anilines is 1. The smallest absolute Gasteiger partial charge is 0.339 e. The average Bonchev–Trinajstić information content (AvgIpc) is 2.81. The molecule has 100 valence electrons. The van der Waals surface area contributed by atoms with E-state index in [9.17, 15) is 4.79 Å². The van der Waals surface area contributed by atoms with Gasteiger partial charge in [0.1, 0.15) is 0 Å². The topological polar surface area (TPSA) is 75.1 Å². The Morgan fingerprint density at radius 2 is 2.37 bits per heavy atom. The van der Waals surface area contributed by atoms with Gasteiger partial charge in [-0.1, -0.05) is 6.07 Å². The standard InChI is InChI=1S/C13H15N3O2S/c1-8(6-10-4-3-5-19-10)15-13-14-7-11(12(17)18)9(2)16-13/h3-5,7-8H,6H2,1-2H3,(H,17,18)(H,14,15,16). The van der Waals surface area contributed by atoms with Gasteiger partial charge < -0.3 is 10.4 Å². The minimum Gasteiger partial charge on any atom is -0.478 e. The summed E-state index contributed by atoms with van der Waals surface area (Å²) in [7, 11) is 0. The van der Waals surface area contributed by atoms with Crippen LogP contribution < -0.4 is 5.32 Å². The number of carboxylic acids is 1. The lowest BCUT2D eigenvalue weighted by Crippen LogP contribution is -2.20. The van der Waals surface area contributed by atoms with Gasteiger partial charge in [-0.3, -0.25) is 0 Å². The lowest BCUT2D eigenvalue weighted by Gasteiger charge is -2.13. The minimum absolute atomic E-state index is 0.136. The van der Waals surface area contributed by atoms with Crippen LogP contribution in [-0.4, -0.2) is 27.1 Å². The van der Waals surface area contributed by atoms with E-state index in [0.717, 1.165) is 6.42 Å². The molecule has 1 atom stereocenters. The van der Waals surface area contributed by atoms with Crippen LogP contribution in [0, 0.1) is 6.92 Å². The minimum atomic E-state index is -1.00. The first-order valence-corrected chi connectivity index (χ1v) is 6.80. The summed E-state index contributed by atoms with van der Waals surface area (Å²) in [5, 5.41) is 14.1. The van der Waals surface area contributed by atoms with Crippen molar-refractivity contribution in [3.63, 3.8) is 0 Å². The van der Waals surface area contributed by atoms with Crippen molar-refractivity contribution < 1.29 is 9.90 Å². The molecule has 6 heteroatoms. The van der Waals surface area contributed by atoms with E-state index in [1.165, 1.54) is 11.1 Å². The van der Waals surface area contributed by atoms with Gasteiger partial charge in [0.05, 0.1) is 11.3 Å². The van der Waals surface area contributed by atoms with Gasteiger partial charge in [0.15, 0.2) is 0 Å². The molecule has 0 aliphatic rings. The van der Waals surface area contributed by atoms with Crippen molar-refractivity contribution in [2.75, 3.05) is 5.32 Å². The summed E-state index contributed by atoms with van der Waals surface area (Å²) in [6.07, 6.45) is 2.23. The number of nitrogens with zero attached hydrogens (tertiary/aromatic N) is 2. The third-order valence-electron chi connectivity index (χ3n) is 2.67. The Labute approximate surface area is 115 Å². The molecule has 2 N–H and O–H groups in total. The molecule has 0 fully saturated rings. The van der Waals surface area contributed by atoms with E-state index >= 15 is 0 Å². The average molecular weight is 277 g/mol. The predicted octanol–water partition coefficient (Wildman–Crippen LogP) is 2.59. The molecular formula is C13H15N3O2S. The molecule has 0 aromatic carbocycles. The molecule has 0 bridgehead atoms. The number of hydrogen-bond donors (Lipinski definition) is 2. The Morgan fingerprint density at radius 3 is 2.95 bits per heavy atom. The molecule has 0 spiro atoms. The number of nitrogens with one attached hydrogen (secondary N) is 1. The molecule has 0 amide bonds. The summed E-state index contributed by atoms with van der Waals surface area (Å²) in [6.45, 7) is 3.71. The molecule has 19 heavy (non-hydrogen) atoms. The summed E-state index contributed by atoms with van der Waals surface area (Å²) in [5.41, 5.74) is 0.602. The van der Waals surface area contributed by atoms with E-state index in [-0.39, 0.29) is 11.6 Å². The molecule has 2 aromatic rings. The van der Waals surface area contributed by atoms with Gasteiger partial charge in [-0.25, -0.2) is 14.8 Å². The number of carboxylic acid groups (broad SMARTS) is 1. The van der Waals surface area contributed by atoms with Crippen molar-refractivity contribution in [3.8, 4) is 0 Å². The van der Waals surface area contributed by atoms with Crippen molar-refractivity contribution in [2.45, 2.75) is 26.3 Å². The molecule has 0 aliphatic heterocycles. The first-order chi connectivity index (χ1) is 9.06. The maximum atomic E-state index is 10.9. The van der Waals surface area contributed by atoms with Gasteiger partial charge in [0, 0.05) is 23.5 Å². The number of rotatable bonds is 5. The van der Waals surface area contributed by atoms with Crippen LogP contribution in [0.4, 0.5) is 5.95 Å². The van der Waals surface area contributed by atoms with Crippen LogP contribution in [0.5, 0.6) is 0 Å². The lowest BCUT2D eigenvalue weighted by atomic mass is 10.2. The molecule has 0 saturated heterocycles. The van der Waals surface area contributed by atoms with Gasteiger partial charge in [-0.2, -0.15) is 0 Å². The van der Waals surface area contributed by atoms with Crippen LogP contribution in [0.1, 0.15) is 27.9 Å². The van der Waals surface area contributed by atoms with E-state index in [1.54, 1.807) is 18.3 Å². The Balaban J connectivity index is 2.03. The van der Waals surface area contributed by atoms with Crippen molar-refractivity contribution in [2.24, 2.45) is 0 Å². The van der Waals surface area contributed by atoms with Gasteiger partial charge in [0.25, 0.3) is 0 Å². The Kier molecular flexibility index (Phi) is 4.11. The second-order valence-corrected chi connectivity index (χ2v) is 5.36. The highest BCUT2D eigenvalue weighted by atomic mass is 32.1. The summed E-state index contributed by atoms with van der Waals surface area (Å²) in [4.78, 5) is 20.4. The fraction of sp³-hybridized carbons (Fsp3) is 0.308. The van der Waals surface area contributed by atoms with Crippen LogP contribution in [0.2, 0.25) is 0 Å². The van der Waals surface area contributed by atoms with Crippen LogP contribution in [0.25, 0.3) is 0 Å². The van der Waals surface area contributed by atoms with E-state index in [1.807, 2.05) is 18.4 Å². The maximum absolute atomic E-state index is 10.9. The third kappa shape index (κ3) is 3.51. The zero-order valence-electron chi connectivity index (χ0n) is 10.8. The summed E-state index contributed by atoms with van der Waals surface area (Å²) < 4.78 is 0. The molecule has 0 saturated carbocycles. The normalized spacial score (nSPS) is 12.1. The zero-order chi connectivity index (χ0) is 13.8. The number of aromatic carboxylic acids is 1. The Bertz CT molecular complexity index is 569. The second-order valence-electron chi connectivity index (χ2n) is 4.33. The molecule has 2 rings (SSSR count). The zero-order valence-corrected chi connectivity index (χ0v) is 11.6. The lowest BCUT2D eigenvalue weighted by molar-refractivity contribution is 0.0695.